The van der Waals surface area contributed by atoms with E-state index in [-0.39, 0.29) is 24.8 Å². The molecule has 0 aromatic heterocycles. The molecule has 6 nitrogen and oxygen atoms in total. The fourth-order valence-corrected chi connectivity index (χ4v) is 3.63. The highest BCUT2D eigenvalue weighted by atomic mass is 35.5. The van der Waals surface area contributed by atoms with Crippen LogP contribution in [0.1, 0.15) is 49.9 Å². The van der Waals surface area contributed by atoms with Gasteiger partial charge in [0, 0.05) is 19.0 Å². The number of hydrazine groups is 1. The normalized spacial score (nSPS) is 21.8. The van der Waals surface area contributed by atoms with Gasteiger partial charge in [0.15, 0.2) is 5.11 Å². The first-order valence-corrected chi connectivity index (χ1v) is 10.0. The zero-order chi connectivity index (χ0) is 19.8. The molecule has 0 heterocycles. The third kappa shape index (κ3) is 6.66. The van der Waals surface area contributed by atoms with E-state index in [0.29, 0.717) is 33.6 Å². The van der Waals surface area contributed by atoms with Gasteiger partial charge < -0.3 is 10.6 Å². The van der Waals surface area contributed by atoms with Gasteiger partial charge in [0.2, 0.25) is 5.91 Å². The van der Waals surface area contributed by atoms with Crippen molar-refractivity contribution in [3.05, 3.63) is 34.9 Å². The van der Waals surface area contributed by atoms with Gasteiger partial charge in [-0.05, 0) is 42.6 Å². The van der Waals surface area contributed by atoms with Gasteiger partial charge in [0.05, 0.1) is 10.6 Å². The van der Waals surface area contributed by atoms with Crippen molar-refractivity contribution in [2.75, 3.05) is 6.54 Å². The Kier molecular flexibility index (Phi) is 8.31. The summed E-state index contributed by atoms with van der Waals surface area (Å²) < 4.78 is 0. The van der Waals surface area contributed by atoms with Gasteiger partial charge in [0.25, 0.3) is 5.91 Å². The average Bonchev–Trinajstić information content (AvgIpc) is 2.64. The summed E-state index contributed by atoms with van der Waals surface area (Å²) in [6, 6.07) is 7.09. The van der Waals surface area contributed by atoms with Gasteiger partial charge >= 0.3 is 0 Å². The van der Waals surface area contributed by atoms with Crippen molar-refractivity contribution in [2.45, 2.75) is 45.6 Å². The van der Waals surface area contributed by atoms with Crippen LogP contribution in [-0.2, 0) is 4.79 Å². The Bertz CT molecular complexity index is 685. The Morgan fingerprint density at radius 1 is 1.19 bits per heavy atom. The maximum absolute atomic E-state index is 12.0. The summed E-state index contributed by atoms with van der Waals surface area (Å²) in [4.78, 5) is 23.9. The Morgan fingerprint density at radius 3 is 2.67 bits per heavy atom. The van der Waals surface area contributed by atoms with Crippen LogP contribution in [0, 0.1) is 11.8 Å². The first kappa shape index (κ1) is 21.4. The summed E-state index contributed by atoms with van der Waals surface area (Å²) in [5, 5.41) is 6.74. The molecule has 8 heteroatoms. The van der Waals surface area contributed by atoms with E-state index < -0.39 is 0 Å². The summed E-state index contributed by atoms with van der Waals surface area (Å²) in [6.07, 6.45) is 3.64. The predicted octanol–water partition coefficient (Wildman–Crippen LogP) is 2.78. The Labute approximate surface area is 170 Å². The van der Waals surface area contributed by atoms with E-state index in [4.69, 9.17) is 23.8 Å². The molecule has 1 aromatic carbocycles. The highest BCUT2D eigenvalue weighted by Crippen LogP contribution is 2.29. The molecule has 148 valence electrons. The molecule has 1 aromatic rings. The lowest BCUT2D eigenvalue weighted by Gasteiger charge is -2.35. The number of nitrogens with one attached hydrogen (secondary N) is 4. The predicted molar refractivity (Wildman–Crippen MR) is 111 cm³/mol. The van der Waals surface area contributed by atoms with Crippen molar-refractivity contribution >= 4 is 40.7 Å². The highest BCUT2D eigenvalue weighted by Gasteiger charge is 2.27. The summed E-state index contributed by atoms with van der Waals surface area (Å²) in [5.41, 5.74) is 5.67. The molecule has 0 bridgehead atoms. The second kappa shape index (κ2) is 10.5. The number of halogens is 1. The molecule has 0 spiro atoms. The van der Waals surface area contributed by atoms with E-state index in [0.717, 1.165) is 6.42 Å². The minimum Gasteiger partial charge on any atom is -0.358 e. The quantitative estimate of drug-likeness (QED) is 0.443. The zero-order valence-corrected chi connectivity index (χ0v) is 17.3. The van der Waals surface area contributed by atoms with Gasteiger partial charge in [-0.2, -0.15) is 0 Å². The van der Waals surface area contributed by atoms with Crippen molar-refractivity contribution in [3.8, 4) is 0 Å². The van der Waals surface area contributed by atoms with Gasteiger partial charge in [-0.1, -0.05) is 50.4 Å². The Morgan fingerprint density at radius 2 is 1.93 bits per heavy atom. The number of thiocarbonyl (C=S) groups is 1. The van der Waals surface area contributed by atoms with E-state index >= 15 is 0 Å². The minimum absolute atomic E-state index is 0.128. The standard InChI is InChI=1S/C19H27ClN4O2S/c1-12-6-5-9-16(13(12)2)22-19(27)24-23-17(25)10-11-21-18(26)14-7-3-4-8-15(14)20/h3-4,7-8,12-13,16H,5-6,9-11H2,1-2H3,(H,21,26)(H,23,25)(H2,22,24,27)/t12-,13+,16-/m0/s1. The molecule has 0 saturated heterocycles. The van der Waals surface area contributed by atoms with Crippen LogP contribution >= 0.6 is 23.8 Å². The molecular weight excluding hydrogens is 384 g/mol. The van der Waals surface area contributed by atoms with E-state index in [1.165, 1.54) is 12.8 Å². The van der Waals surface area contributed by atoms with Crippen LogP contribution < -0.4 is 21.5 Å². The molecule has 1 aliphatic rings. The van der Waals surface area contributed by atoms with Crippen LogP contribution in [0.3, 0.4) is 0 Å². The number of hydrogen-bond acceptors (Lipinski definition) is 3. The first-order chi connectivity index (χ1) is 12.9. The van der Waals surface area contributed by atoms with Gasteiger partial charge in [0.1, 0.15) is 0 Å². The molecule has 0 radical (unpaired) electrons. The van der Waals surface area contributed by atoms with Crippen molar-refractivity contribution < 1.29 is 9.59 Å². The summed E-state index contributed by atoms with van der Waals surface area (Å²) in [7, 11) is 0. The van der Waals surface area contributed by atoms with Crippen LogP contribution in [0.15, 0.2) is 24.3 Å². The molecule has 27 heavy (non-hydrogen) atoms. The van der Waals surface area contributed by atoms with Crippen molar-refractivity contribution in [1.29, 1.82) is 0 Å². The fraction of sp³-hybridized carbons (Fsp3) is 0.526. The second-order valence-corrected chi connectivity index (χ2v) is 7.82. The number of benzene rings is 1. The lowest BCUT2D eigenvalue weighted by atomic mass is 9.78. The van der Waals surface area contributed by atoms with Crippen LogP contribution in [0.2, 0.25) is 5.02 Å². The number of amides is 2. The summed E-state index contributed by atoms with van der Waals surface area (Å²) >= 11 is 11.2. The monoisotopic (exact) mass is 410 g/mol. The lowest BCUT2D eigenvalue weighted by Crippen LogP contribution is -2.52. The molecular formula is C19H27ClN4O2S. The Balaban J connectivity index is 1.65. The van der Waals surface area contributed by atoms with Crippen molar-refractivity contribution in [2.24, 2.45) is 11.8 Å². The largest absolute Gasteiger partial charge is 0.358 e. The van der Waals surface area contributed by atoms with Gasteiger partial charge in [-0.15, -0.1) is 0 Å². The number of rotatable bonds is 5. The van der Waals surface area contributed by atoms with Crippen LogP contribution in [0.4, 0.5) is 0 Å². The Hall–Kier alpha value is -1.86. The maximum atomic E-state index is 12.0. The van der Waals surface area contributed by atoms with Crippen LogP contribution in [0.5, 0.6) is 0 Å². The second-order valence-electron chi connectivity index (χ2n) is 7.01. The minimum atomic E-state index is -0.307. The first-order valence-electron chi connectivity index (χ1n) is 9.26. The number of carbonyl (C=O) groups is 2. The average molecular weight is 411 g/mol. The molecule has 1 fully saturated rings. The molecule has 2 amide bonds. The number of carbonyl (C=O) groups excluding carboxylic acids is 2. The van der Waals surface area contributed by atoms with Crippen molar-refractivity contribution in [3.63, 3.8) is 0 Å². The SMILES string of the molecule is C[C@H]1[C@@H](NC(=S)NNC(=O)CCNC(=O)c2ccccc2Cl)CCC[C@@H]1C. The van der Waals surface area contributed by atoms with Gasteiger partial charge in [-0.3, -0.25) is 20.4 Å². The highest BCUT2D eigenvalue weighted by molar-refractivity contribution is 7.80. The summed E-state index contributed by atoms with van der Waals surface area (Å²) in [5.74, 6) is 0.632. The molecule has 0 unspecified atom stereocenters. The van der Waals surface area contributed by atoms with Crippen molar-refractivity contribution in [1.82, 2.24) is 21.5 Å². The molecule has 1 saturated carbocycles. The smallest absolute Gasteiger partial charge is 0.252 e. The van der Waals surface area contributed by atoms with Gasteiger partial charge in [-0.25, -0.2) is 0 Å². The fourth-order valence-electron chi connectivity index (χ4n) is 3.21. The molecule has 2 rings (SSSR count). The third-order valence-corrected chi connectivity index (χ3v) is 5.64. The molecule has 4 N–H and O–H groups in total. The van der Waals surface area contributed by atoms with E-state index in [1.54, 1.807) is 24.3 Å². The summed E-state index contributed by atoms with van der Waals surface area (Å²) in [6.45, 7) is 4.69. The molecule has 0 aliphatic heterocycles. The van der Waals surface area contributed by atoms with E-state index in [9.17, 15) is 9.59 Å². The molecule has 1 aliphatic carbocycles. The van der Waals surface area contributed by atoms with E-state index in [2.05, 4.69) is 35.3 Å². The topological polar surface area (TPSA) is 82.3 Å². The maximum Gasteiger partial charge on any atom is 0.252 e. The lowest BCUT2D eigenvalue weighted by molar-refractivity contribution is -0.121. The van der Waals surface area contributed by atoms with E-state index in [1.807, 2.05) is 0 Å². The number of hydrogen-bond donors (Lipinski definition) is 4. The van der Waals surface area contributed by atoms with Crippen LogP contribution in [-0.4, -0.2) is 29.5 Å². The third-order valence-electron chi connectivity index (χ3n) is 5.09. The zero-order valence-electron chi connectivity index (χ0n) is 15.7. The van der Waals surface area contributed by atoms with Crippen LogP contribution in [0.25, 0.3) is 0 Å². The molecule has 3 atom stereocenters.